The van der Waals surface area contributed by atoms with E-state index in [0.29, 0.717) is 22.6 Å². The summed E-state index contributed by atoms with van der Waals surface area (Å²) >= 11 is -0.208. The van der Waals surface area contributed by atoms with E-state index in [1.165, 1.54) is 26.4 Å². The second-order valence-corrected chi connectivity index (χ2v) is 9.81. The Morgan fingerprint density at radius 1 is 0.700 bits per heavy atom. The number of hydrogen-bond donors (Lipinski definition) is 0. The van der Waals surface area contributed by atoms with Gasteiger partial charge in [-0.25, -0.2) is 0 Å². The van der Waals surface area contributed by atoms with Crippen LogP contribution in [-0.2, 0) is 9.47 Å². The number of hydrogen-bond acceptors (Lipinski definition) is 7. The molecule has 0 aromatic carbocycles. The van der Waals surface area contributed by atoms with E-state index < -0.39 is 11.9 Å². The molecule has 4 rings (SSSR count). The summed E-state index contributed by atoms with van der Waals surface area (Å²) in [4.78, 5) is 40.6. The van der Waals surface area contributed by atoms with Crippen LogP contribution in [0.5, 0.6) is 0 Å². The van der Waals surface area contributed by atoms with E-state index in [1.807, 2.05) is 9.88 Å². The van der Waals surface area contributed by atoms with E-state index in [4.69, 9.17) is 8.83 Å². The van der Waals surface area contributed by atoms with Gasteiger partial charge in [0, 0.05) is 0 Å². The average molecular weight is 536 g/mol. The summed E-state index contributed by atoms with van der Waals surface area (Å²) in [5.74, 6) is -0.168. The Balaban J connectivity index is 1.68. The molecule has 0 bridgehead atoms. The van der Waals surface area contributed by atoms with E-state index in [9.17, 15) is 14.4 Å². The molecule has 0 amide bonds. The number of rotatable bonds is 6. The van der Waals surface area contributed by atoms with Crippen molar-refractivity contribution < 1.29 is 32.7 Å². The molecule has 0 fully saturated rings. The summed E-state index contributed by atoms with van der Waals surface area (Å²) in [6, 6.07) is 9.97. The number of esters is 2. The van der Waals surface area contributed by atoms with Crippen molar-refractivity contribution in [2.75, 3.05) is 14.2 Å². The second kappa shape index (κ2) is 8.50. The minimum atomic E-state index is -0.571. The predicted octanol–water partition coefficient (Wildman–Crippen LogP) is 3.12. The molecule has 30 heavy (non-hydrogen) atoms. The number of carbonyl (C=O) groups excluding carboxylic acids is 3. The third-order valence-corrected chi connectivity index (χ3v) is 8.15. The SMILES string of the molecule is COC(=O)c1ccc(-c2[se]ccc2C(=O)c2cc[se]c2-c2ccc(C(=O)OC)o2)o1. The Morgan fingerprint density at radius 3 is 1.53 bits per heavy atom. The van der Waals surface area contributed by atoms with Crippen molar-refractivity contribution in [1.29, 1.82) is 0 Å². The van der Waals surface area contributed by atoms with Crippen LogP contribution in [0.15, 0.2) is 55.1 Å². The molecule has 0 saturated heterocycles. The maximum atomic E-state index is 13.3. The Morgan fingerprint density at radius 2 is 1.13 bits per heavy atom. The van der Waals surface area contributed by atoms with Crippen molar-refractivity contribution >= 4 is 46.7 Å². The van der Waals surface area contributed by atoms with Crippen LogP contribution in [0.2, 0.25) is 0 Å². The number of carbonyl (C=O) groups is 3. The summed E-state index contributed by atoms with van der Waals surface area (Å²) in [6.07, 6.45) is 0. The van der Waals surface area contributed by atoms with E-state index in [-0.39, 0.29) is 46.3 Å². The van der Waals surface area contributed by atoms with Gasteiger partial charge < -0.3 is 0 Å². The molecule has 0 aliphatic heterocycles. The van der Waals surface area contributed by atoms with Crippen molar-refractivity contribution in [3.8, 4) is 20.4 Å². The first-order chi connectivity index (χ1) is 14.5. The van der Waals surface area contributed by atoms with Gasteiger partial charge in [-0.15, -0.1) is 0 Å². The summed E-state index contributed by atoms with van der Waals surface area (Å²) in [6.45, 7) is 0. The van der Waals surface area contributed by atoms with E-state index in [2.05, 4.69) is 9.47 Å². The third-order valence-electron chi connectivity index (χ3n) is 4.25. The fourth-order valence-corrected chi connectivity index (χ4v) is 6.43. The van der Waals surface area contributed by atoms with Gasteiger partial charge in [-0.2, -0.15) is 0 Å². The Kier molecular flexibility index (Phi) is 5.79. The van der Waals surface area contributed by atoms with Gasteiger partial charge in [-0.1, -0.05) is 0 Å². The van der Waals surface area contributed by atoms with Gasteiger partial charge in [0.2, 0.25) is 0 Å². The van der Waals surface area contributed by atoms with Gasteiger partial charge in [0.1, 0.15) is 0 Å². The monoisotopic (exact) mass is 538 g/mol. The van der Waals surface area contributed by atoms with Crippen LogP contribution in [0, 0.1) is 0 Å². The van der Waals surface area contributed by atoms with Crippen LogP contribution in [0.3, 0.4) is 0 Å². The fraction of sp³-hybridized carbons (Fsp3) is 0.0952. The Hall–Kier alpha value is -2.83. The zero-order chi connectivity index (χ0) is 21.3. The molecular weight excluding hydrogens is 522 g/mol. The summed E-state index contributed by atoms with van der Waals surface area (Å²) in [5, 5.41) is 0. The van der Waals surface area contributed by atoms with Gasteiger partial charge in [0.25, 0.3) is 0 Å². The van der Waals surface area contributed by atoms with Crippen LogP contribution < -0.4 is 0 Å². The van der Waals surface area contributed by atoms with Gasteiger partial charge >= 0.3 is 183 Å². The van der Waals surface area contributed by atoms with E-state index in [0.717, 1.165) is 8.87 Å². The fourth-order valence-electron chi connectivity index (χ4n) is 2.84. The van der Waals surface area contributed by atoms with Crippen molar-refractivity contribution in [1.82, 2.24) is 0 Å². The summed E-state index contributed by atoms with van der Waals surface area (Å²) in [5.41, 5.74) is 1.05. The second-order valence-electron chi connectivity index (χ2n) is 5.97. The van der Waals surface area contributed by atoms with Gasteiger partial charge in [-0.05, 0) is 0 Å². The molecule has 4 aromatic rings. The number of ether oxygens (including phenoxy) is 2. The third kappa shape index (κ3) is 3.68. The quantitative estimate of drug-likeness (QED) is 0.212. The van der Waals surface area contributed by atoms with Crippen LogP contribution >= 0.6 is 0 Å². The molecule has 9 heteroatoms. The average Bonchev–Trinajstić information content (AvgIpc) is 3.56. The first-order valence-corrected chi connectivity index (χ1v) is 12.3. The molecule has 0 aliphatic carbocycles. The van der Waals surface area contributed by atoms with Gasteiger partial charge in [-0.3, -0.25) is 0 Å². The Labute approximate surface area is 182 Å². The summed E-state index contributed by atoms with van der Waals surface area (Å²) < 4.78 is 22.1. The van der Waals surface area contributed by atoms with E-state index in [1.54, 1.807) is 24.3 Å². The number of furan rings is 2. The summed E-state index contributed by atoms with van der Waals surface area (Å²) in [7, 11) is 2.56. The molecule has 0 saturated carbocycles. The van der Waals surface area contributed by atoms with Crippen molar-refractivity contribution in [2.24, 2.45) is 0 Å². The van der Waals surface area contributed by atoms with Crippen molar-refractivity contribution in [3.63, 3.8) is 0 Å². The number of methoxy groups -OCH3 is 2. The van der Waals surface area contributed by atoms with Crippen molar-refractivity contribution in [3.05, 3.63) is 68.9 Å². The van der Waals surface area contributed by atoms with Gasteiger partial charge in [0.05, 0.1) is 0 Å². The normalized spacial score (nSPS) is 10.7. The van der Waals surface area contributed by atoms with E-state index >= 15 is 0 Å². The number of ketones is 1. The predicted molar refractivity (Wildman–Crippen MR) is 108 cm³/mol. The van der Waals surface area contributed by atoms with Crippen LogP contribution in [-0.4, -0.2) is 60.9 Å². The molecule has 0 N–H and O–H groups in total. The van der Waals surface area contributed by atoms with Crippen LogP contribution in [0.1, 0.15) is 37.0 Å². The minimum absolute atomic E-state index is 0.0874. The molecule has 0 unspecified atom stereocenters. The van der Waals surface area contributed by atoms with Gasteiger partial charge in [0.15, 0.2) is 0 Å². The molecule has 0 atom stereocenters. The zero-order valence-corrected chi connectivity index (χ0v) is 19.2. The molecule has 4 aromatic heterocycles. The Bertz CT molecular complexity index is 1140. The molecule has 0 aliphatic rings. The topological polar surface area (TPSA) is 96.0 Å². The molecule has 0 radical (unpaired) electrons. The molecule has 7 nitrogen and oxygen atoms in total. The first-order valence-electron chi connectivity index (χ1n) is 8.60. The first kappa shape index (κ1) is 20.4. The molecule has 0 spiro atoms. The maximum absolute atomic E-state index is 13.3. The van der Waals surface area contributed by atoms with Crippen molar-refractivity contribution in [2.45, 2.75) is 0 Å². The van der Waals surface area contributed by atoms with Crippen LogP contribution in [0.25, 0.3) is 20.4 Å². The van der Waals surface area contributed by atoms with Crippen LogP contribution in [0.4, 0.5) is 0 Å². The molecule has 152 valence electrons. The molecule has 4 heterocycles. The zero-order valence-electron chi connectivity index (χ0n) is 15.8. The molecular formula is C21H14O7Se2. The standard InChI is InChI=1S/C21H14O7Se2/c1-25-20(23)15-5-3-13(27-15)18-11(7-9-29-18)17(22)12-8-10-30-19(12)14-4-6-16(28-14)21(24)26-2/h3-10H,1-2H3.